The first-order valence-corrected chi connectivity index (χ1v) is 7.58. The lowest BCUT2D eigenvalue weighted by atomic mass is 10.1. The Balaban J connectivity index is 2.34. The Labute approximate surface area is 141 Å². The maximum absolute atomic E-state index is 12.8. The minimum atomic E-state index is -0.403. The Hall–Kier alpha value is -3.37. The van der Waals surface area contributed by atoms with Crippen LogP contribution in [0.25, 0.3) is 6.08 Å². The zero-order chi connectivity index (χ0) is 17.4. The molecule has 2 aromatic carbocycles. The van der Waals surface area contributed by atoms with Gasteiger partial charge in [0, 0.05) is 12.2 Å². The van der Waals surface area contributed by atoms with E-state index in [2.05, 4.69) is 0 Å². The Morgan fingerprint density at radius 3 is 2.33 bits per heavy atom. The summed E-state index contributed by atoms with van der Waals surface area (Å²) < 4.78 is 0. The highest BCUT2D eigenvalue weighted by atomic mass is 16.2. The highest BCUT2D eigenvalue weighted by Crippen LogP contribution is 2.18. The summed E-state index contributed by atoms with van der Waals surface area (Å²) in [5.41, 5.74) is 2.61. The van der Waals surface area contributed by atoms with Crippen LogP contribution in [0.2, 0.25) is 0 Å². The maximum atomic E-state index is 12.8. The third-order valence-corrected chi connectivity index (χ3v) is 3.50. The van der Waals surface area contributed by atoms with E-state index in [9.17, 15) is 10.1 Å². The van der Waals surface area contributed by atoms with Gasteiger partial charge in [-0.1, -0.05) is 48.0 Å². The second kappa shape index (κ2) is 8.31. The lowest BCUT2D eigenvalue weighted by Gasteiger charge is -2.21. The van der Waals surface area contributed by atoms with Gasteiger partial charge < -0.3 is 4.90 Å². The number of hydrogen-bond acceptors (Lipinski definition) is 3. The molecule has 0 saturated heterocycles. The van der Waals surface area contributed by atoms with Crippen molar-refractivity contribution in [3.8, 4) is 12.1 Å². The number of hydrogen-bond donors (Lipinski definition) is 0. The number of amides is 1. The Morgan fingerprint density at radius 2 is 1.75 bits per heavy atom. The molecule has 4 nitrogen and oxygen atoms in total. The number of nitrogens with zero attached hydrogens (tertiary/aromatic N) is 3. The third kappa shape index (κ3) is 4.32. The molecule has 0 saturated carbocycles. The zero-order valence-corrected chi connectivity index (χ0v) is 13.4. The topological polar surface area (TPSA) is 67.9 Å². The van der Waals surface area contributed by atoms with Gasteiger partial charge in [0.1, 0.15) is 11.6 Å². The van der Waals surface area contributed by atoms with Gasteiger partial charge in [0.25, 0.3) is 5.91 Å². The van der Waals surface area contributed by atoms with E-state index in [1.807, 2.05) is 61.5 Å². The second-order valence-electron chi connectivity index (χ2n) is 5.28. The van der Waals surface area contributed by atoms with Gasteiger partial charge in [0.15, 0.2) is 0 Å². The van der Waals surface area contributed by atoms with E-state index in [0.717, 1.165) is 11.1 Å². The molecule has 0 N–H and O–H groups in total. The fourth-order valence-electron chi connectivity index (χ4n) is 2.23. The molecule has 0 aliphatic heterocycles. The number of carbonyl (C=O) groups is 1. The molecule has 0 fully saturated rings. The largest absolute Gasteiger partial charge is 0.307 e. The summed E-state index contributed by atoms with van der Waals surface area (Å²) in [7, 11) is 0. The van der Waals surface area contributed by atoms with Gasteiger partial charge in [-0.3, -0.25) is 4.79 Å². The summed E-state index contributed by atoms with van der Waals surface area (Å²) in [5, 5.41) is 18.2. The predicted octanol–water partition coefficient (Wildman–Crippen LogP) is 3.85. The van der Waals surface area contributed by atoms with Gasteiger partial charge in [-0.25, -0.2) is 0 Å². The molecule has 0 unspecified atom stereocenters. The molecule has 0 aliphatic carbocycles. The van der Waals surface area contributed by atoms with E-state index in [-0.39, 0.29) is 18.5 Å². The highest BCUT2D eigenvalue weighted by molar-refractivity contribution is 6.11. The molecule has 4 heteroatoms. The molecule has 0 heterocycles. The minimum Gasteiger partial charge on any atom is -0.307 e. The van der Waals surface area contributed by atoms with Crippen molar-refractivity contribution >= 4 is 17.7 Å². The average Bonchev–Trinajstić information content (AvgIpc) is 2.62. The fraction of sp³-hybridized carbons (Fsp3) is 0.150. The number of para-hydroxylation sites is 1. The Bertz CT molecular complexity index is 809. The number of nitriles is 2. The van der Waals surface area contributed by atoms with E-state index in [4.69, 9.17) is 5.26 Å². The molecule has 0 radical (unpaired) electrons. The Morgan fingerprint density at radius 1 is 1.08 bits per heavy atom. The first kappa shape index (κ1) is 17.0. The number of benzene rings is 2. The van der Waals surface area contributed by atoms with E-state index in [1.165, 1.54) is 4.90 Å². The number of rotatable bonds is 5. The lowest BCUT2D eigenvalue weighted by molar-refractivity contribution is -0.114. The van der Waals surface area contributed by atoms with Crippen molar-refractivity contribution in [1.82, 2.24) is 0 Å². The molecule has 118 valence electrons. The first-order valence-electron chi connectivity index (χ1n) is 7.58. The molecular weight excluding hydrogens is 298 g/mol. The average molecular weight is 315 g/mol. The van der Waals surface area contributed by atoms with Crippen molar-refractivity contribution in [2.75, 3.05) is 11.4 Å². The van der Waals surface area contributed by atoms with Gasteiger partial charge >= 0.3 is 0 Å². The van der Waals surface area contributed by atoms with E-state index in [1.54, 1.807) is 18.2 Å². The molecule has 0 atom stereocenters. The summed E-state index contributed by atoms with van der Waals surface area (Å²) in [6.45, 7) is 2.22. The quantitative estimate of drug-likeness (QED) is 0.621. The van der Waals surface area contributed by atoms with Crippen LogP contribution in [0, 0.1) is 29.6 Å². The molecular formula is C20H17N3O. The SMILES string of the molecule is Cc1ccc(/C=C(\C#N)C(=O)N(CCC#N)c2ccccc2)cc1. The minimum absolute atomic E-state index is 0.0423. The van der Waals surface area contributed by atoms with Gasteiger partial charge in [0.2, 0.25) is 0 Å². The molecule has 1 amide bonds. The van der Waals surface area contributed by atoms with Crippen LogP contribution in [0.3, 0.4) is 0 Å². The summed E-state index contributed by atoms with van der Waals surface area (Å²) in [5.74, 6) is -0.403. The molecule has 2 rings (SSSR count). The van der Waals surface area contributed by atoms with E-state index < -0.39 is 5.91 Å². The molecule has 0 spiro atoms. The third-order valence-electron chi connectivity index (χ3n) is 3.50. The smallest absolute Gasteiger partial charge is 0.268 e. The summed E-state index contributed by atoms with van der Waals surface area (Å²) in [4.78, 5) is 14.2. The highest BCUT2D eigenvalue weighted by Gasteiger charge is 2.19. The monoisotopic (exact) mass is 315 g/mol. The van der Waals surface area contributed by atoms with Crippen molar-refractivity contribution in [3.63, 3.8) is 0 Å². The lowest BCUT2D eigenvalue weighted by Crippen LogP contribution is -2.32. The van der Waals surface area contributed by atoms with Gasteiger partial charge in [0.05, 0.1) is 12.5 Å². The van der Waals surface area contributed by atoms with Crippen LogP contribution in [-0.4, -0.2) is 12.5 Å². The van der Waals surface area contributed by atoms with Crippen LogP contribution >= 0.6 is 0 Å². The normalized spacial score (nSPS) is 10.5. The van der Waals surface area contributed by atoms with E-state index >= 15 is 0 Å². The van der Waals surface area contributed by atoms with Gasteiger partial charge in [-0.15, -0.1) is 0 Å². The molecule has 2 aromatic rings. The van der Waals surface area contributed by atoms with Crippen LogP contribution in [-0.2, 0) is 4.79 Å². The summed E-state index contributed by atoms with van der Waals surface area (Å²) in [6.07, 6.45) is 1.77. The van der Waals surface area contributed by atoms with Crippen LogP contribution < -0.4 is 4.90 Å². The van der Waals surface area contributed by atoms with E-state index in [0.29, 0.717) is 5.69 Å². The van der Waals surface area contributed by atoms with Gasteiger partial charge in [-0.05, 0) is 30.7 Å². The van der Waals surface area contributed by atoms with Crippen LogP contribution in [0.5, 0.6) is 0 Å². The number of anilines is 1. The summed E-state index contributed by atoms with van der Waals surface area (Å²) in [6, 6.07) is 20.7. The van der Waals surface area contributed by atoms with Crippen LogP contribution in [0.1, 0.15) is 17.5 Å². The number of carbonyl (C=O) groups excluding carboxylic acids is 1. The first-order chi connectivity index (χ1) is 11.7. The van der Waals surface area contributed by atoms with Crippen molar-refractivity contribution in [2.24, 2.45) is 0 Å². The zero-order valence-electron chi connectivity index (χ0n) is 13.4. The molecule has 0 aromatic heterocycles. The van der Waals surface area contributed by atoms with Crippen LogP contribution in [0.4, 0.5) is 5.69 Å². The van der Waals surface area contributed by atoms with Crippen molar-refractivity contribution in [1.29, 1.82) is 10.5 Å². The van der Waals surface area contributed by atoms with Crippen molar-refractivity contribution < 1.29 is 4.79 Å². The van der Waals surface area contributed by atoms with Gasteiger partial charge in [-0.2, -0.15) is 10.5 Å². The predicted molar refractivity (Wildman–Crippen MR) is 93.8 cm³/mol. The Kier molecular flexibility index (Phi) is 5.88. The molecule has 24 heavy (non-hydrogen) atoms. The second-order valence-corrected chi connectivity index (χ2v) is 5.28. The van der Waals surface area contributed by atoms with Crippen LogP contribution in [0.15, 0.2) is 60.2 Å². The fourth-order valence-corrected chi connectivity index (χ4v) is 2.23. The summed E-state index contributed by atoms with van der Waals surface area (Å²) >= 11 is 0. The number of aryl methyl sites for hydroxylation is 1. The molecule has 0 aliphatic rings. The van der Waals surface area contributed by atoms with Crippen molar-refractivity contribution in [2.45, 2.75) is 13.3 Å². The maximum Gasteiger partial charge on any atom is 0.268 e. The molecule has 0 bridgehead atoms. The van der Waals surface area contributed by atoms with Crippen molar-refractivity contribution in [3.05, 3.63) is 71.3 Å². The standard InChI is InChI=1S/C20H17N3O/c1-16-8-10-17(11-9-16)14-18(15-22)20(24)23(13-5-12-21)19-6-3-2-4-7-19/h2-4,6-11,14H,5,13H2,1H3/b18-14+.